The number of fused-ring (bicyclic) bond motifs is 1. The first-order valence-electron chi connectivity index (χ1n) is 12.6. The highest BCUT2D eigenvalue weighted by Crippen LogP contribution is 2.42. The van der Waals surface area contributed by atoms with E-state index in [1.165, 1.54) is 5.56 Å². The lowest BCUT2D eigenvalue weighted by atomic mass is 10.1. The third-order valence-electron chi connectivity index (χ3n) is 5.59. The van der Waals surface area contributed by atoms with E-state index in [1.54, 1.807) is 36.7 Å². The molecule has 0 atom stereocenters. The van der Waals surface area contributed by atoms with Gasteiger partial charge < -0.3 is 9.46 Å². The van der Waals surface area contributed by atoms with Gasteiger partial charge in [0.2, 0.25) is 5.95 Å². The van der Waals surface area contributed by atoms with Crippen LogP contribution in [0, 0.1) is 18.3 Å². The maximum Gasteiger partial charge on any atom is 0.472 e. The molecule has 11 nitrogen and oxygen atoms in total. The van der Waals surface area contributed by atoms with Crippen molar-refractivity contribution in [1.29, 1.82) is 5.26 Å². The third kappa shape index (κ3) is 8.09. The summed E-state index contributed by atoms with van der Waals surface area (Å²) in [5.74, 6) is 0.205. The average Bonchev–Trinajstić information content (AvgIpc) is 3.47. The first-order valence-corrected chi connectivity index (χ1v) is 14.1. The van der Waals surface area contributed by atoms with Crippen LogP contribution in [0.2, 0.25) is 0 Å². The topological polar surface area (TPSA) is 144 Å². The first-order chi connectivity index (χ1) is 18.7. The Balaban J connectivity index is 0.000000403. The number of anilines is 1. The molecule has 12 heteroatoms. The van der Waals surface area contributed by atoms with Gasteiger partial charge in [0.05, 0.1) is 41.6 Å². The zero-order chi connectivity index (χ0) is 28.4. The Morgan fingerprint density at radius 3 is 2.41 bits per heavy atom. The van der Waals surface area contributed by atoms with Crippen LogP contribution in [-0.4, -0.2) is 43.3 Å². The number of nitriles is 1. The molecule has 0 radical (unpaired) electrons. The van der Waals surface area contributed by atoms with Crippen molar-refractivity contribution in [2.75, 3.05) is 18.5 Å². The normalized spacial score (nSPS) is 11.1. The Kier molecular flexibility index (Phi) is 10.5. The van der Waals surface area contributed by atoms with Crippen molar-refractivity contribution in [3.8, 4) is 6.07 Å². The maximum atomic E-state index is 13.0. The minimum absolute atomic E-state index is 0.188. The summed E-state index contributed by atoms with van der Waals surface area (Å²) < 4.78 is 22.9. The van der Waals surface area contributed by atoms with Crippen LogP contribution >= 0.6 is 7.82 Å². The van der Waals surface area contributed by atoms with Crippen LogP contribution in [0.4, 0.5) is 5.95 Å². The van der Waals surface area contributed by atoms with E-state index in [9.17, 15) is 14.6 Å². The van der Waals surface area contributed by atoms with E-state index in [0.717, 1.165) is 17.6 Å². The average molecular weight is 553 g/mol. The van der Waals surface area contributed by atoms with Crippen LogP contribution in [0.15, 0.2) is 54.6 Å². The quantitative estimate of drug-likeness (QED) is 0.259. The molecule has 0 spiro atoms. The van der Waals surface area contributed by atoms with Crippen LogP contribution in [0.5, 0.6) is 0 Å². The summed E-state index contributed by atoms with van der Waals surface area (Å²) in [6, 6.07) is 19.5. The number of aryl methyl sites for hydroxylation is 4. The van der Waals surface area contributed by atoms with Crippen molar-refractivity contribution >= 4 is 30.7 Å². The molecule has 0 unspecified atom stereocenters. The van der Waals surface area contributed by atoms with E-state index in [2.05, 4.69) is 42.6 Å². The van der Waals surface area contributed by atoms with Gasteiger partial charge in [-0.3, -0.25) is 23.8 Å². The van der Waals surface area contributed by atoms with Crippen LogP contribution < -0.4 is 5.32 Å². The molecule has 1 amide bonds. The minimum atomic E-state index is -3.69. The van der Waals surface area contributed by atoms with Crippen molar-refractivity contribution < 1.29 is 23.3 Å². The molecule has 39 heavy (non-hydrogen) atoms. The molecule has 2 aromatic carbocycles. The Hall–Kier alpha value is -3.81. The van der Waals surface area contributed by atoms with Gasteiger partial charge in [0.1, 0.15) is 5.69 Å². The highest BCUT2D eigenvalue weighted by atomic mass is 31.2. The van der Waals surface area contributed by atoms with Crippen molar-refractivity contribution in [2.24, 2.45) is 0 Å². The summed E-state index contributed by atoms with van der Waals surface area (Å²) in [6.07, 6.45) is 0.793. The maximum absolute atomic E-state index is 13.0. The predicted molar refractivity (Wildman–Crippen MR) is 148 cm³/mol. The lowest BCUT2D eigenvalue weighted by Gasteiger charge is -2.11. The van der Waals surface area contributed by atoms with Crippen LogP contribution in [-0.2, 0) is 33.1 Å². The second-order valence-electron chi connectivity index (χ2n) is 8.38. The monoisotopic (exact) mass is 552 g/mol. The summed E-state index contributed by atoms with van der Waals surface area (Å²) in [6.45, 7) is 8.69. The number of phosphoric acid groups is 1. The smallest absolute Gasteiger partial charge is 0.310 e. The Bertz CT molecular complexity index is 1480. The molecule has 0 bridgehead atoms. The molecular formula is C27H33N6O5P. The minimum Gasteiger partial charge on any atom is -0.310 e. The molecule has 0 saturated carbocycles. The number of aromatic nitrogens is 4. The number of hydrogen-bond donors (Lipinski definition) is 2. The number of imidazole rings is 1. The summed E-state index contributed by atoms with van der Waals surface area (Å²) in [5.41, 5.74) is 4.57. The van der Waals surface area contributed by atoms with Crippen molar-refractivity contribution in [2.45, 2.75) is 47.2 Å². The number of hydrogen-bond acceptors (Lipinski definition) is 7. The molecule has 2 aromatic heterocycles. The second-order valence-corrected chi connectivity index (χ2v) is 9.84. The number of nitrogens with zero attached hydrogens (tertiary/aromatic N) is 5. The molecule has 206 valence electrons. The molecule has 0 aliphatic heterocycles. The number of phosphoric ester groups is 1. The molecule has 4 aromatic rings. The van der Waals surface area contributed by atoms with Crippen molar-refractivity contribution in [1.82, 2.24) is 19.3 Å². The summed E-state index contributed by atoms with van der Waals surface area (Å²) in [7, 11) is -3.69. The molecule has 0 fully saturated rings. The Morgan fingerprint density at radius 1 is 1.10 bits per heavy atom. The van der Waals surface area contributed by atoms with Gasteiger partial charge in [-0.1, -0.05) is 30.3 Å². The van der Waals surface area contributed by atoms with E-state index in [1.807, 2.05) is 42.7 Å². The van der Waals surface area contributed by atoms with Gasteiger partial charge in [-0.2, -0.15) is 10.4 Å². The number of rotatable bonds is 10. The van der Waals surface area contributed by atoms with Gasteiger partial charge >= 0.3 is 7.82 Å². The number of benzene rings is 2. The molecule has 0 aliphatic rings. The van der Waals surface area contributed by atoms with E-state index in [-0.39, 0.29) is 19.1 Å². The summed E-state index contributed by atoms with van der Waals surface area (Å²) in [4.78, 5) is 26.2. The number of carbonyl (C=O) groups excluding carboxylic acids is 1. The van der Waals surface area contributed by atoms with E-state index in [0.29, 0.717) is 35.8 Å². The SMILES string of the molecule is CCOP(=O)(O)OCC.CCn1nc(C)cc1C(=O)Nc1nc2cc(C#N)ccc2n1CCc1ccccc1. The zero-order valence-corrected chi connectivity index (χ0v) is 23.4. The van der Waals surface area contributed by atoms with Crippen molar-refractivity contribution in [3.63, 3.8) is 0 Å². The lowest BCUT2D eigenvalue weighted by Crippen LogP contribution is -2.20. The fraction of sp³-hybridized carbons (Fsp3) is 0.333. The summed E-state index contributed by atoms with van der Waals surface area (Å²) >= 11 is 0. The molecule has 2 heterocycles. The highest BCUT2D eigenvalue weighted by molar-refractivity contribution is 7.47. The molecular weight excluding hydrogens is 519 g/mol. The van der Waals surface area contributed by atoms with E-state index < -0.39 is 7.82 Å². The molecule has 4 rings (SSSR count). The van der Waals surface area contributed by atoms with Gasteiger partial charge in [0.25, 0.3) is 5.91 Å². The third-order valence-corrected chi connectivity index (χ3v) is 6.76. The van der Waals surface area contributed by atoms with Gasteiger partial charge in [-0.25, -0.2) is 9.55 Å². The molecule has 0 saturated heterocycles. The van der Waals surface area contributed by atoms with Crippen molar-refractivity contribution in [3.05, 3.63) is 77.1 Å². The standard InChI is InChI=1S/C23H22N6O.C4H11O4P/c1-3-29-21(13-16(2)27-29)22(30)26-23-25-19-14-18(15-24)9-10-20(19)28(23)12-11-17-7-5-4-6-8-17;1-3-7-9(5,6)8-4-2/h4-10,13-14H,3,11-12H2,1-2H3,(H,25,26,30);3-4H2,1-2H3,(H,5,6). The summed E-state index contributed by atoms with van der Waals surface area (Å²) in [5, 5.41) is 16.5. The number of carbonyl (C=O) groups is 1. The van der Waals surface area contributed by atoms with Crippen LogP contribution in [0.1, 0.15) is 48.1 Å². The zero-order valence-electron chi connectivity index (χ0n) is 22.5. The first kappa shape index (κ1) is 29.7. The Morgan fingerprint density at radius 2 is 1.79 bits per heavy atom. The van der Waals surface area contributed by atoms with Gasteiger partial charge in [-0.15, -0.1) is 0 Å². The Labute approximate surface area is 227 Å². The van der Waals surface area contributed by atoms with Gasteiger partial charge in [0.15, 0.2) is 0 Å². The predicted octanol–water partition coefficient (Wildman–Crippen LogP) is 5.09. The molecule has 0 aliphatic carbocycles. The number of nitrogens with one attached hydrogen (secondary N) is 1. The highest BCUT2D eigenvalue weighted by Gasteiger charge is 2.19. The number of amides is 1. The second kappa shape index (κ2) is 13.8. The lowest BCUT2D eigenvalue weighted by molar-refractivity contribution is 0.101. The van der Waals surface area contributed by atoms with Gasteiger partial charge in [0, 0.05) is 13.1 Å². The van der Waals surface area contributed by atoms with Crippen LogP contribution in [0.25, 0.3) is 11.0 Å². The van der Waals surface area contributed by atoms with Crippen LogP contribution in [0.3, 0.4) is 0 Å². The molecule has 2 N–H and O–H groups in total. The largest absolute Gasteiger partial charge is 0.472 e. The fourth-order valence-electron chi connectivity index (χ4n) is 3.91. The van der Waals surface area contributed by atoms with E-state index >= 15 is 0 Å². The fourth-order valence-corrected chi connectivity index (χ4v) is 4.63. The van der Waals surface area contributed by atoms with Gasteiger partial charge in [-0.05, 0) is 63.9 Å². The van der Waals surface area contributed by atoms with E-state index in [4.69, 9.17) is 4.89 Å².